The summed E-state index contributed by atoms with van der Waals surface area (Å²) in [7, 11) is 0. The van der Waals surface area contributed by atoms with E-state index in [4.69, 9.17) is 0 Å². The smallest absolute Gasteiger partial charge is 0.0738 e. The van der Waals surface area contributed by atoms with Crippen LogP contribution in [0.3, 0.4) is 0 Å². The number of rotatable bonds is 5. The highest BCUT2D eigenvalue weighted by molar-refractivity contribution is 5.94. The first kappa shape index (κ1) is 19.8. The molecular weight excluding hydrogens is 342 g/mol. The predicted molar refractivity (Wildman–Crippen MR) is 124 cm³/mol. The Bertz CT molecular complexity index is 1090. The second-order valence-electron chi connectivity index (χ2n) is 7.91. The lowest BCUT2D eigenvalue weighted by atomic mass is 10.0. The summed E-state index contributed by atoms with van der Waals surface area (Å²) < 4.78 is 2.23. The topological polar surface area (TPSA) is 29.0 Å². The van der Waals surface area contributed by atoms with Gasteiger partial charge < -0.3 is 15.2 Å². The van der Waals surface area contributed by atoms with E-state index in [2.05, 4.69) is 92.6 Å². The molecule has 0 bridgehead atoms. The first-order valence-corrected chi connectivity index (χ1v) is 9.78. The molecular formula is C25H31N3. The summed E-state index contributed by atoms with van der Waals surface area (Å²) in [6.45, 7) is 24.2. The van der Waals surface area contributed by atoms with Crippen LogP contribution >= 0.6 is 0 Å². The molecule has 3 rings (SSSR count). The summed E-state index contributed by atoms with van der Waals surface area (Å²) in [6, 6.07) is 6.46. The summed E-state index contributed by atoms with van der Waals surface area (Å²) in [5.74, 6) is 0. The monoisotopic (exact) mass is 373 g/mol. The van der Waals surface area contributed by atoms with Gasteiger partial charge in [0.05, 0.1) is 6.04 Å². The van der Waals surface area contributed by atoms with E-state index in [1.807, 2.05) is 0 Å². The SMILES string of the molecule is C=C1CCC(n2c(=C)c3cccc(NC/C(C)=C/C=C(C)C)c3c2=C)C(=C)N1. The van der Waals surface area contributed by atoms with Crippen molar-refractivity contribution < 1.29 is 0 Å². The zero-order valence-corrected chi connectivity index (χ0v) is 17.4. The minimum Gasteiger partial charge on any atom is -0.381 e. The maximum atomic E-state index is 4.41. The lowest BCUT2D eigenvalue weighted by molar-refractivity contribution is 0.458. The first-order chi connectivity index (χ1) is 13.3. The molecule has 2 heterocycles. The Morgan fingerprint density at radius 1 is 1.14 bits per heavy atom. The van der Waals surface area contributed by atoms with E-state index in [9.17, 15) is 0 Å². The molecule has 1 aromatic heterocycles. The van der Waals surface area contributed by atoms with Crippen LogP contribution in [0.4, 0.5) is 5.69 Å². The van der Waals surface area contributed by atoms with Gasteiger partial charge in [-0.1, -0.05) is 61.7 Å². The van der Waals surface area contributed by atoms with Gasteiger partial charge in [0, 0.05) is 45.1 Å². The maximum absolute atomic E-state index is 4.41. The Hall–Kier alpha value is -2.94. The Morgan fingerprint density at radius 2 is 1.89 bits per heavy atom. The standard InChI is InChI=1S/C25H31N3/c1-16(2)11-12-17(3)15-26-23-10-8-9-22-20(6)28(21(7)25(22)23)24-14-13-18(4)27-19(24)5/h8-12,24,26-27H,4-7,13-15H2,1-3H3/b17-12+. The van der Waals surface area contributed by atoms with Gasteiger partial charge in [-0.15, -0.1) is 0 Å². The van der Waals surface area contributed by atoms with Crippen molar-refractivity contribution in [2.24, 2.45) is 0 Å². The van der Waals surface area contributed by atoms with Gasteiger partial charge in [-0.2, -0.15) is 0 Å². The third kappa shape index (κ3) is 3.84. The third-order valence-electron chi connectivity index (χ3n) is 5.28. The van der Waals surface area contributed by atoms with Crippen molar-refractivity contribution in [2.75, 3.05) is 11.9 Å². The van der Waals surface area contributed by atoms with Crippen LogP contribution in [-0.2, 0) is 0 Å². The minimum absolute atomic E-state index is 0.144. The van der Waals surface area contributed by atoms with Crippen molar-refractivity contribution in [3.05, 3.63) is 76.7 Å². The molecule has 2 N–H and O–H groups in total. The molecule has 1 unspecified atom stereocenters. The van der Waals surface area contributed by atoms with Crippen LogP contribution in [0.25, 0.3) is 23.9 Å². The number of benzene rings is 1. The summed E-state index contributed by atoms with van der Waals surface area (Å²) in [5.41, 5.74) is 5.65. The highest BCUT2D eigenvalue weighted by atomic mass is 15.1. The molecule has 2 aromatic rings. The summed E-state index contributed by atoms with van der Waals surface area (Å²) in [6.07, 6.45) is 6.20. The molecule has 0 aliphatic carbocycles. The predicted octanol–water partition coefficient (Wildman–Crippen LogP) is 4.74. The van der Waals surface area contributed by atoms with Gasteiger partial charge in [0.25, 0.3) is 0 Å². The molecule has 1 aliphatic heterocycles. The number of hydrogen-bond acceptors (Lipinski definition) is 2. The molecule has 0 radical (unpaired) electrons. The van der Waals surface area contributed by atoms with Crippen LogP contribution in [0.2, 0.25) is 0 Å². The largest absolute Gasteiger partial charge is 0.381 e. The number of nitrogens with zero attached hydrogens (tertiary/aromatic N) is 1. The number of piperidine rings is 1. The fourth-order valence-corrected chi connectivity index (χ4v) is 3.79. The van der Waals surface area contributed by atoms with Crippen molar-refractivity contribution in [3.8, 4) is 0 Å². The fourth-order valence-electron chi connectivity index (χ4n) is 3.79. The van der Waals surface area contributed by atoms with Crippen LogP contribution in [0.5, 0.6) is 0 Å². The Balaban J connectivity index is 1.99. The Kier molecular flexibility index (Phi) is 5.64. The van der Waals surface area contributed by atoms with Gasteiger partial charge in [-0.05, 0) is 39.7 Å². The molecule has 28 heavy (non-hydrogen) atoms. The molecule has 3 heteroatoms. The van der Waals surface area contributed by atoms with Crippen molar-refractivity contribution in [2.45, 2.75) is 39.7 Å². The summed E-state index contributed by atoms with van der Waals surface area (Å²) in [5, 5.41) is 11.1. The second-order valence-corrected chi connectivity index (χ2v) is 7.91. The van der Waals surface area contributed by atoms with Gasteiger partial charge >= 0.3 is 0 Å². The lowest BCUT2D eigenvalue weighted by Gasteiger charge is -2.29. The molecule has 0 saturated carbocycles. The number of nitrogens with one attached hydrogen (secondary N) is 2. The zero-order valence-electron chi connectivity index (χ0n) is 17.4. The quantitative estimate of drug-likeness (QED) is 0.741. The van der Waals surface area contributed by atoms with E-state index in [0.717, 1.165) is 57.9 Å². The van der Waals surface area contributed by atoms with Gasteiger partial charge in [0.2, 0.25) is 0 Å². The van der Waals surface area contributed by atoms with E-state index in [0.29, 0.717) is 0 Å². The molecule has 3 nitrogen and oxygen atoms in total. The van der Waals surface area contributed by atoms with E-state index in [-0.39, 0.29) is 6.04 Å². The van der Waals surface area contributed by atoms with Crippen molar-refractivity contribution in [3.63, 3.8) is 0 Å². The van der Waals surface area contributed by atoms with E-state index in [1.54, 1.807) is 0 Å². The van der Waals surface area contributed by atoms with E-state index in [1.165, 1.54) is 11.1 Å². The van der Waals surface area contributed by atoms with Crippen LogP contribution in [0.15, 0.2) is 66.0 Å². The number of anilines is 1. The molecule has 1 atom stereocenters. The highest BCUT2D eigenvalue weighted by Gasteiger charge is 2.23. The maximum Gasteiger partial charge on any atom is 0.0738 e. The molecule has 0 amide bonds. The Labute approximate surface area is 168 Å². The van der Waals surface area contributed by atoms with Crippen molar-refractivity contribution in [1.29, 1.82) is 0 Å². The summed E-state index contributed by atoms with van der Waals surface area (Å²) in [4.78, 5) is 0. The number of hydrogen-bond donors (Lipinski definition) is 2. The average molecular weight is 374 g/mol. The van der Waals surface area contributed by atoms with Crippen molar-refractivity contribution in [1.82, 2.24) is 9.88 Å². The zero-order chi connectivity index (χ0) is 20.4. The first-order valence-electron chi connectivity index (χ1n) is 9.78. The molecule has 1 saturated heterocycles. The number of aromatic nitrogens is 1. The molecule has 1 aromatic carbocycles. The molecule has 1 aliphatic rings. The van der Waals surface area contributed by atoms with Crippen LogP contribution < -0.4 is 21.3 Å². The minimum atomic E-state index is 0.144. The third-order valence-corrected chi connectivity index (χ3v) is 5.28. The van der Waals surface area contributed by atoms with Gasteiger partial charge in [-0.25, -0.2) is 0 Å². The average Bonchev–Trinajstić information content (AvgIpc) is 2.90. The number of allylic oxidation sites excluding steroid dienone is 5. The summed E-state index contributed by atoms with van der Waals surface area (Å²) >= 11 is 0. The highest BCUT2D eigenvalue weighted by Crippen LogP contribution is 2.27. The molecule has 1 fully saturated rings. The van der Waals surface area contributed by atoms with E-state index >= 15 is 0 Å². The second kappa shape index (κ2) is 7.97. The van der Waals surface area contributed by atoms with Crippen LogP contribution in [0.1, 0.15) is 39.7 Å². The lowest BCUT2D eigenvalue weighted by Crippen LogP contribution is -2.36. The van der Waals surface area contributed by atoms with Gasteiger partial charge in [0.15, 0.2) is 0 Å². The Morgan fingerprint density at radius 3 is 2.57 bits per heavy atom. The normalized spacial score (nSPS) is 17.5. The van der Waals surface area contributed by atoms with E-state index < -0.39 is 0 Å². The fraction of sp³-hybridized carbons (Fsp3) is 0.280. The van der Waals surface area contributed by atoms with Crippen LogP contribution in [-0.4, -0.2) is 11.1 Å². The van der Waals surface area contributed by atoms with Crippen molar-refractivity contribution >= 4 is 29.6 Å². The molecule has 0 spiro atoms. The van der Waals surface area contributed by atoms with Gasteiger partial charge in [0.1, 0.15) is 0 Å². The van der Waals surface area contributed by atoms with Gasteiger partial charge in [-0.3, -0.25) is 0 Å². The van der Waals surface area contributed by atoms with Crippen LogP contribution in [0, 0.1) is 0 Å². The number of fused-ring (bicyclic) bond motifs is 1. The molecule has 146 valence electrons.